The van der Waals surface area contributed by atoms with E-state index in [4.69, 9.17) is 5.26 Å². The van der Waals surface area contributed by atoms with Gasteiger partial charge in [0.2, 0.25) is 0 Å². The van der Waals surface area contributed by atoms with Gasteiger partial charge < -0.3 is 5.32 Å². The fraction of sp³-hybridized carbons (Fsp3) is 0.214. The summed E-state index contributed by atoms with van der Waals surface area (Å²) in [7, 11) is 0. The van der Waals surface area contributed by atoms with Gasteiger partial charge in [-0.15, -0.1) is 0 Å². The molecule has 1 aromatic carbocycles. The Kier molecular flexibility index (Phi) is 3.94. The van der Waals surface area contributed by atoms with E-state index in [1.54, 1.807) is 35.1 Å². The molecular formula is C14H14N4O. The Bertz CT molecular complexity index is 581. The van der Waals surface area contributed by atoms with E-state index in [-0.39, 0.29) is 11.9 Å². The number of carbonyl (C=O) groups excluding carboxylic acids is 1. The molecule has 0 fully saturated rings. The van der Waals surface area contributed by atoms with Crippen LogP contribution in [0.15, 0.2) is 42.7 Å². The lowest BCUT2D eigenvalue weighted by molar-refractivity contribution is 0.0936. The predicted molar refractivity (Wildman–Crippen MR) is 70.3 cm³/mol. The summed E-state index contributed by atoms with van der Waals surface area (Å²) < 4.78 is 1.77. The van der Waals surface area contributed by atoms with E-state index in [1.807, 2.05) is 25.3 Å². The molecule has 19 heavy (non-hydrogen) atoms. The molecule has 0 saturated carbocycles. The number of amides is 1. The van der Waals surface area contributed by atoms with Gasteiger partial charge in [-0.3, -0.25) is 9.48 Å². The van der Waals surface area contributed by atoms with E-state index in [9.17, 15) is 4.79 Å². The molecule has 2 rings (SSSR count). The van der Waals surface area contributed by atoms with Gasteiger partial charge in [-0.2, -0.15) is 10.4 Å². The Hall–Kier alpha value is -2.61. The Balaban J connectivity index is 1.94. The molecule has 96 valence electrons. The molecule has 0 aliphatic rings. The predicted octanol–water partition coefficient (Wildman–Crippen LogP) is 1.57. The van der Waals surface area contributed by atoms with Crippen LogP contribution in [-0.2, 0) is 6.54 Å². The Labute approximate surface area is 111 Å². The molecule has 0 saturated heterocycles. The van der Waals surface area contributed by atoms with Crippen LogP contribution in [0.2, 0.25) is 0 Å². The van der Waals surface area contributed by atoms with Gasteiger partial charge in [0.1, 0.15) is 0 Å². The van der Waals surface area contributed by atoms with Crippen molar-refractivity contribution in [2.45, 2.75) is 19.5 Å². The normalized spacial score (nSPS) is 11.6. The maximum absolute atomic E-state index is 12.0. The lowest BCUT2D eigenvalue weighted by Gasteiger charge is -2.14. The highest BCUT2D eigenvalue weighted by Gasteiger charge is 2.10. The largest absolute Gasteiger partial charge is 0.348 e. The number of rotatable bonds is 4. The molecule has 0 bridgehead atoms. The minimum Gasteiger partial charge on any atom is -0.348 e. The van der Waals surface area contributed by atoms with Crippen molar-refractivity contribution in [1.29, 1.82) is 5.26 Å². The molecule has 1 atom stereocenters. The van der Waals surface area contributed by atoms with E-state index >= 15 is 0 Å². The summed E-state index contributed by atoms with van der Waals surface area (Å²) in [6, 6.07) is 10.4. The number of nitrogens with zero attached hydrogens (tertiary/aromatic N) is 3. The first-order valence-corrected chi connectivity index (χ1v) is 5.97. The molecule has 5 heteroatoms. The van der Waals surface area contributed by atoms with Gasteiger partial charge >= 0.3 is 0 Å². The maximum atomic E-state index is 12.0. The van der Waals surface area contributed by atoms with Crippen molar-refractivity contribution in [2.24, 2.45) is 0 Å². The minimum absolute atomic E-state index is 0.0250. The number of aromatic nitrogens is 2. The van der Waals surface area contributed by atoms with Crippen LogP contribution in [0.3, 0.4) is 0 Å². The van der Waals surface area contributed by atoms with Crippen LogP contribution in [0.4, 0.5) is 0 Å². The van der Waals surface area contributed by atoms with E-state index in [1.165, 1.54) is 0 Å². The molecule has 0 spiro atoms. The number of nitriles is 1. The number of hydrogen-bond donors (Lipinski definition) is 1. The molecule has 2 aromatic rings. The third-order valence-electron chi connectivity index (χ3n) is 2.67. The Morgan fingerprint density at radius 1 is 1.47 bits per heavy atom. The molecule has 1 N–H and O–H groups in total. The monoisotopic (exact) mass is 254 g/mol. The Morgan fingerprint density at radius 2 is 2.21 bits per heavy atom. The van der Waals surface area contributed by atoms with Gasteiger partial charge in [0, 0.05) is 24.0 Å². The highest BCUT2D eigenvalue weighted by Crippen LogP contribution is 2.04. The number of nitrogens with one attached hydrogen (secondary N) is 1. The quantitative estimate of drug-likeness (QED) is 0.900. The van der Waals surface area contributed by atoms with E-state index in [0.29, 0.717) is 17.7 Å². The number of benzene rings is 1. The van der Waals surface area contributed by atoms with E-state index < -0.39 is 0 Å². The summed E-state index contributed by atoms with van der Waals surface area (Å²) in [5.74, 6) is -0.149. The lowest BCUT2D eigenvalue weighted by Crippen LogP contribution is -2.35. The SMILES string of the molecule is C[C@H](Cn1cccn1)NC(=O)c1ccc(C#N)cc1. The van der Waals surface area contributed by atoms with Crippen molar-refractivity contribution >= 4 is 5.91 Å². The van der Waals surface area contributed by atoms with Gasteiger partial charge in [-0.05, 0) is 37.3 Å². The van der Waals surface area contributed by atoms with Gasteiger partial charge in [-0.25, -0.2) is 0 Å². The van der Waals surface area contributed by atoms with E-state index in [2.05, 4.69) is 10.4 Å². The third kappa shape index (κ3) is 3.42. The number of hydrogen-bond acceptors (Lipinski definition) is 3. The van der Waals surface area contributed by atoms with Crippen LogP contribution >= 0.6 is 0 Å². The first kappa shape index (κ1) is 12.8. The second-order valence-corrected chi connectivity index (χ2v) is 4.29. The van der Waals surface area contributed by atoms with Crippen molar-refractivity contribution in [1.82, 2.24) is 15.1 Å². The fourth-order valence-electron chi connectivity index (χ4n) is 1.74. The zero-order valence-corrected chi connectivity index (χ0v) is 10.6. The molecule has 0 radical (unpaired) electrons. The molecule has 1 heterocycles. The van der Waals surface area contributed by atoms with Crippen LogP contribution in [0, 0.1) is 11.3 Å². The highest BCUT2D eigenvalue weighted by atomic mass is 16.1. The van der Waals surface area contributed by atoms with Crippen LogP contribution in [-0.4, -0.2) is 21.7 Å². The third-order valence-corrected chi connectivity index (χ3v) is 2.67. The Morgan fingerprint density at radius 3 is 2.79 bits per heavy atom. The first-order chi connectivity index (χ1) is 9.19. The first-order valence-electron chi connectivity index (χ1n) is 5.97. The molecule has 5 nitrogen and oxygen atoms in total. The summed E-state index contributed by atoms with van der Waals surface area (Å²) in [6.45, 7) is 2.54. The van der Waals surface area contributed by atoms with Crippen molar-refractivity contribution in [3.05, 3.63) is 53.9 Å². The summed E-state index contributed by atoms with van der Waals surface area (Å²) in [4.78, 5) is 12.0. The standard InChI is InChI=1S/C14H14N4O/c1-11(10-18-8-2-7-16-18)17-14(19)13-5-3-12(9-15)4-6-13/h2-8,11H,10H2,1H3,(H,17,19)/t11-/m1/s1. The van der Waals surface area contributed by atoms with Crippen molar-refractivity contribution in [2.75, 3.05) is 0 Å². The van der Waals surface area contributed by atoms with Crippen LogP contribution in [0.1, 0.15) is 22.8 Å². The van der Waals surface area contributed by atoms with Crippen LogP contribution < -0.4 is 5.32 Å². The molecule has 0 aliphatic carbocycles. The van der Waals surface area contributed by atoms with Crippen LogP contribution in [0.25, 0.3) is 0 Å². The molecule has 1 aromatic heterocycles. The average Bonchev–Trinajstić information content (AvgIpc) is 2.91. The van der Waals surface area contributed by atoms with Gasteiger partial charge in [0.25, 0.3) is 5.91 Å². The molecule has 0 aliphatic heterocycles. The molecular weight excluding hydrogens is 240 g/mol. The van der Waals surface area contributed by atoms with Crippen LogP contribution in [0.5, 0.6) is 0 Å². The minimum atomic E-state index is -0.149. The summed E-state index contributed by atoms with van der Waals surface area (Å²) in [5, 5.41) is 15.7. The average molecular weight is 254 g/mol. The highest BCUT2D eigenvalue weighted by molar-refractivity contribution is 5.94. The summed E-state index contributed by atoms with van der Waals surface area (Å²) >= 11 is 0. The van der Waals surface area contributed by atoms with Crippen molar-refractivity contribution in [3.8, 4) is 6.07 Å². The smallest absolute Gasteiger partial charge is 0.251 e. The second-order valence-electron chi connectivity index (χ2n) is 4.29. The zero-order chi connectivity index (χ0) is 13.7. The fourth-order valence-corrected chi connectivity index (χ4v) is 1.74. The topological polar surface area (TPSA) is 70.7 Å². The molecule has 0 unspecified atom stereocenters. The van der Waals surface area contributed by atoms with Gasteiger partial charge in [-0.1, -0.05) is 0 Å². The maximum Gasteiger partial charge on any atom is 0.251 e. The number of carbonyl (C=O) groups is 1. The summed E-state index contributed by atoms with van der Waals surface area (Å²) in [6.07, 6.45) is 3.56. The summed E-state index contributed by atoms with van der Waals surface area (Å²) in [5.41, 5.74) is 1.09. The second kappa shape index (κ2) is 5.83. The molecule has 1 amide bonds. The van der Waals surface area contributed by atoms with Crippen molar-refractivity contribution in [3.63, 3.8) is 0 Å². The lowest BCUT2D eigenvalue weighted by atomic mass is 10.1. The van der Waals surface area contributed by atoms with E-state index in [0.717, 1.165) is 0 Å². The van der Waals surface area contributed by atoms with Gasteiger partial charge in [0.05, 0.1) is 18.2 Å². The van der Waals surface area contributed by atoms with Gasteiger partial charge in [0.15, 0.2) is 0 Å². The van der Waals surface area contributed by atoms with Crippen molar-refractivity contribution < 1.29 is 4.79 Å². The zero-order valence-electron chi connectivity index (χ0n) is 10.6.